The van der Waals surface area contributed by atoms with E-state index in [0.717, 1.165) is 38.8 Å². The van der Waals surface area contributed by atoms with Crippen molar-refractivity contribution in [2.24, 2.45) is 5.73 Å². The van der Waals surface area contributed by atoms with Crippen molar-refractivity contribution >= 4 is 11.8 Å². The van der Waals surface area contributed by atoms with Crippen LogP contribution in [0.15, 0.2) is 0 Å². The second kappa shape index (κ2) is 6.59. The number of carbonyl (C=O) groups excluding carboxylic acids is 2. The molecular formula is C12H23N3O2. The van der Waals surface area contributed by atoms with Crippen molar-refractivity contribution in [2.75, 3.05) is 13.1 Å². The van der Waals surface area contributed by atoms with E-state index in [0.29, 0.717) is 0 Å². The zero-order valence-electron chi connectivity index (χ0n) is 10.7. The van der Waals surface area contributed by atoms with Gasteiger partial charge in [0.2, 0.25) is 11.8 Å². The third-order valence-corrected chi connectivity index (χ3v) is 3.22. The smallest absolute Gasteiger partial charge is 0.237 e. The number of rotatable bonds is 4. The Morgan fingerprint density at radius 3 is 2.47 bits per heavy atom. The first-order valence-corrected chi connectivity index (χ1v) is 6.36. The fourth-order valence-corrected chi connectivity index (χ4v) is 2.09. The predicted octanol–water partition coefficient (Wildman–Crippen LogP) is 0.241. The molecule has 1 aliphatic rings. The number of nitrogens with zero attached hydrogens (tertiary/aromatic N) is 1. The van der Waals surface area contributed by atoms with Gasteiger partial charge in [-0.05, 0) is 19.3 Å². The quantitative estimate of drug-likeness (QED) is 0.740. The first kappa shape index (κ1) is 14.0. The summed E-state index contributed by atoms with van der Waals surface area (Å²) in [5.74, 6) is 0.0468. The number of nitrogens with one attached hydrogen (secondary N) is 1. The number of piperidine rings is 1. The van der Waals surface area contributed by atoms with Crippen molar-refractivity contribution in [3.8, 4) is 0 Å². The van der Waals surface area contributed by atoms with Gasteiger partial charge in [-0.3, -0.25) is 9.59 Å². The van der Waals surface area contributed by atoms with Crippen LogP contribution in [0.1, 0.15) is 39.5 Å². The van der Waals surface area contributed by atoms with Crippen LogP contribution in [-0.4, -0.2) is 41.9 Å². The molecule has 0 bridgehead atoms. The summed E-state index contributed by atoms with van der Waals surface area (Å²) in [6.45, 7) is 5.04. The summed E-state index contributed by atoms with van der Waals surface area (Å²) < 4.78 is 0. The maximum atomic E-state index is 11.7. The summed E-state index contributed by atoms with van der Waals surface area (Å²) in [5.41, 5.74) is 5.74. The summed E-state index contributed by atoms with van der Waals surface area (Å²) >= 11 is 0. The van der Waals surface area contributed by atoms with Crippen LogP contribution >= 0.6 is 0 Å². The standard InChI is InChI=1S/C12H23N3O2/c1-3-4-11(13)12(17)14-10-5-7-15(8-6-10)9(2)16/h10-11H,3-8,13H2,1-2H3,(H,14,17)/t11-/m0/s1. The molecule has 0 aromatic carbocycles. The SMILES string of the molecule is CCC[C@H](N)C(=O)NC1CCN(C(C)=O)CC1. The molecule has 1 saturated heterocycles. The van der Waals surface area contributed by atoms with Gasteiger partial charge in [-0.1, -0.05) is 13.3 Å². The minimum atomic E-state index is -0.397. The lowest BCUT2D eigenvalue weighted by molar-refractivity contribution is -0.130. The Hall–Kier alpha value is -1.10. The molecule has 5 heteroatoms. The average molecular weight is 241 g/mol. The highest BCUT2D eigenvalue weighted by atomic mass is 16.2. The van der Waals surface area contributed by atoms with E-state index in [-0.39, 0.29) is 17.9 Å². The van der Waals surface area contributed by atoms with Crippen molar-refractivity contribution in [1.29, 1.82) is 0 Å². The predicted molar refractivity (Wildman–Crippen MR) is 66.3 cm³/mol. The highest BCUT2D eigenvalue weighted by molar-refractivity contribution is 5.81. The first-order chi connectivity index (χ1) is 8.04. The average Bonchev–Trinajstić information content (AvgIpc) is 2.30. The second-order valence-corrected chi connectivity index (χ2v) is 4.68. The van der Waals surface area contributed by atoms with Gasteiger partial charge in [0.25, 0.3) is 0 Å². The van der Waals surface area contributed by atoms with E-state index < -0.39 is 6.04 Å². The lowest BCUT2D eigenvalue weighted by Gasteiger charge is -2.32. The van der Waals surface area contributed by atoms with Gasteiger partial charge < -0.3 is 16.0 Å². The Morgan fingerprint density at radius 2 is 2.00 bits per heavy atom. The van der Waals surface area contributed by atoms with Crippen LogP contribution in [0.3, 0.4) is 0 Å². The van der Waals surface area contributed by atoms with E-state index >= 15 is 0 Å². The number of likely N-dealkylation sites (tertiary alicyclic amines) is 1. The van der Waals surface area contributed by atoms with Gasteiger partial charge in [0.15, 0.2) is 0 Å². The molecule has 1 aliphatic heterocycles. The molecular weight excluding hydrogens is 218 g/mol. The minimum Gasteiger partial charge on any atom is -0.352 e. The van der Waals surface area contributed by atoms with Crippen LogP contribution in [0.2, 0.25) is 0 Å². The van der Waals surface area contributed by atoms with Crippen molar-refractivity contribution < 1.29 is 9.59 Å². The number of nitrogens with two attached hydrogens (primary N) is 1. The van der Waals surface area contributed by atoms with Crippen LogP contribution in [0, 0.1) is 0 Å². The monoisotopic (exact) mass is 241 g/mol. The molecule has 1 rings (SSSR count). The maximum absolute atomic E-state index is 11.7. The third-order valence-electron chi connectivity index (χ3n) is 3.22. The van der Waals surface area contributed by atoms with Gasteiger partial charge in [-0.15, -0.1) is 0 Å². The number of carbonyl (C=O) groups is 2. The molecule has 0 aromatic rings. The molecule has 3 N–H and O–H groups in total. The highest BCUT2D eigenvalue weighted by Crippen LogP contribution is 2.10. The normalized spacial score (nSPS) is 18.9. The fourth-order valence-electron chi connectivity index (χ4n) is 2.09. The fraction of sp³-hybridized carbons (Fsp3) is 0.833. The summed E-state index contributed by atoms with van der Waals surface area (Å²) in [5, 5.41) is 2.96. The Kier molecular flexibility index (Phi) is 5.41. The summed E-state index contributed by atoms with van der Waals surface area (Å²) in [6, 6.07) is -0.230. The highest BCUT2D eigenvalue weighted by Gasteiger charge is 2.23. The van der Waals surface area contributed by atoms with Gasteiger partial charge >= 0.3 is 0 Å². The molecule has 1 heterocycles. The summed E-state index contributed by atoms with van der Waals surface area (Å²) in [7, 11) is 0. The lowest BCUT2D eigenvalue weighted by atomic mass is 10.0. The topological polar surface area (TPSA) is 75.4 Å². The minimum absolute atomic E-state index is 0.0619. The Balaban J connectivity index is 2.30. The summed E-state index contributed by atoms with van der Waals surface area (Å²) in [4.78, 5) is 24.7. The first-order valence-electron chi connectivity index (χ1n) is 6.36. The molecule has 1 fully saturated rings. The molecule has 98 valence electrons. The van der Waals surface area contributed by atoms with Crippen LogP contribution < -0.4 is 11.1 Å². The number of hydrogen-bond acceptors (Lipinski definition) is 3. The molecule has 0 saturated carbocycles. The molecule has 5 nitrogen and oxygen atoms in total. The molecule has 17 heavy (non-hydrogen) atoms. The Morgan fingerprint density at radius 1 is 1.41 bits per heavy atom. The van der Waals surface area contributed by atoms with E-state index in [1.54, 1.807) is 6.92 Å². The molecule has 0 aromatic heterocycles. The molecule has 2 amide bonds. The van der Waals surface area contributed by atoms with Gasteiger partial charge in [0.05, 0.1) is 6.04 Å². The van der Waals surface area contributed by atoms with Crippen molar-refractivity contribution in [2.45, 2.75) is 51.6 Å². The number of amides is 2. The zero-order chi connectivity index (χ0) is 12.8. The maximum Gasteiger partial charge on any atom is 0.237 e. The second-order valence-electron chi connectivity index (χ2n) is 4.68. The van der Waals surface area contributed by atoms with Gasteiger partial charge in [0, 0.05) is 26.1 Å². The Labute approximate surface area is 103 Å². The molecule has 0 radical (unpaired) electrons. The van der Waals surface area contributed by atoms with Crippen LogP contribution in [0.25, 0.3) is 0 Å². The van der Waals surface area contributed by atoms with E-state index in [9.17, 15) is 9.59 Å². The summed E-state index contributed by atoms with van der Waals surface area (Å²) in [6.07, 6.45) is 3.28. The van der Waals surface area contributed by atoms with Crippen molar-refractivity contribution in [3.63, 3.8) is 0 Å². The van der Waals surface area contributed by atoms with Gasteiger partial charge in [-0.2, -0.15) is 0 Å². The van der Waals surface area contributed by atoms with Gasteiger partial charge in [-0.25, -0.2) is 0 Å². The van der Waals surface area contributed by atoms with E-state index in [1.165, 1.54) is 0 Å². The molecule has 0 unspecified atom stereocenters. The lowest BCUT2D eigenvalue weighted by Crippen LogP contribution is -2.50. The number of hydrogen-bond donors (Lipinski definition) is 2. The Bertz CT molecular complexity index is 273. The van der Waals surface area contributed by atoms with E-state index in [2.05, 4.69) is 5.32 Å². The van der Waals surface area contributed by atoms with E-state index in [4.69, 9.17) is 5.73 Å². The molecule has 1 atom stereocenters. The van der Waals surface area contributed by atoms with Crippen LogP contribution in [0.4, 0.5) is 0 Å². The van der Waals surface area contributed by atoms with Crippen LogP contribution in [0.5, 0.6) is 0 Å². The van der Waals surface area contributed by atoms with E-state index in [1.807, 2.05) is 11.8 Å². The molecule has 0 aliphatic carbocycles. The molecule has 0 spiro atoms. The third kappa shape index (κ3) is 4.34. The van der Waals surface area contributed by atoms with Crippen molar-refractivity contribution in [3.05, 3.63) is 0 Å². The van der Waals surface area contributed by atoms with Crippen molar-refractivity contribution in [1.82, 2.24) is 10.2 Å². The van der Waals surface area contributed by atoms with Gasteiger partial charge in [0.1, 0.15) is 0 Å². The largest absolute Gasteiger partial charge is 0.352 e. The van der Waals surface area contributed by atoms with Crippen LogP contribution in [-0.2, 0) is 9.59 Å². The zero-order valence-corrected chi connectivity index (χ0v) is 10.7.